The highest BCUT2D eigenvalue weighted by Crippen LogP contribution is 2.36. The molecule has 0 aromatic heterocycles. The molecule has 0 spiro atoms. The van der Waals surface area contributed by atoms with E-state index in [2.05, 4.69) is 0 Å². The quantitative estimate of drug-likeness (QED) is 0.303. The van der Waals surface area contributed by atoms with Crippen LogP contribution in [0.4, 0.5) is 11.4 Å². The second kappa shape index (κ2) is 2.86. The van der Waals surface area contributed by atoms with Gasteiger partial charge in [0.05, 0.1) is 9.95 Å². The number of nitrogen functional groups attached to an aromatic ring is 1. The number of nitrogens with two attached hydrogens (primary N) is 1. The summed E-state index contributed by atoms with van der Waals surface area (Å²) in [6, 6.07) is 2.35. The second-order valence-electron chi connectivity index (χ2n) is 2.09. The molecule has 0 unspecified atom stereocenters. The van der Waals surface area contributed by atoms with E-state index in [1.54, 1.807) is 0 Å². The fourth-order valence-electron chi connectivity index (χ4n) is 0.730. The highest BCUT2D eigenvalue weighted by molar-refractivity contribution is 6.32. The SMILES string of the molecule is Nc1c([N+](=O)[O-])ccc(Cl)c1O. The van der Waals surface area contributed by atoms with E-state index in [-0.39, 0.29) is 16.4 Å². The molecule has 0 amide bonds. The van der Waals surface area contributed by atoms with Gasteiger partial charge in [-0.1, -0.05) is 11.6 Å². The molecular formula is C6H5ClN2O3. The van der Waals surface area contributed by atoms with Gasteiger partial charge in [0, 0.05) is 6.07 Å². The van der Waals surface area contributed by atoms with Crippen LogP contribution in [0.3, 0.4) is 0 Å². The average molecular weight is 189 g/mol. The Morgan fingerprint density at radius 1 is 1.58 bits per heavy atom. The summed E-state index contributed by atoms with van der Waals surface area (Å²) in [5, 5.41) is 19.3. The summed E-state index contributed by atoms with van der Waals surface area (Å²) >= 11 is 5.44. The lowest BCUT2D eigenvalue weighted by atomic mass is 10.2. The molecule has 0 saturated carbocycles. The van der Waals surface area contributed by atoms with E-state index >= 15 is 0 Å². The number of halogens is 1. The Kier molecular flexibility index (Phi) is 2.05. The Morgan fingerprint density at radius 3 is 2.67 bits per heavy atom. The third kappa shape index (κ3) is 1.26. The number of nitro benzene ring substituents is 1. The number of phenols is 1. The molecule has 0 aliphatic rings. The summed E-state index contributed by atoms with van der Waals surface area (Å²) in [7, 11) is 0. The summed E-state index contributed by atoms with van der Waals surface area (Å²) < 4.78 is 0. The number of phenolic OH excluding ortho intramolecular Hbond substituents is 1. The van der Waals surface area contributed by atoms with Crippen LogP contribution < -0.4 is 5.73 Å². The molecule has 1 aromatic rings. The smallest absolute Gasteiger partial charge is 0.296 e. The van der Waals surface area contributed by atoms with Gasteiger partial charge in [0.15, 0.2) is 11.4 Å². The van der Waals surface area contributed by atoms with Gasteiger partial charge in [-0.15, -0.1) is 0 Å². The molecule has 0 saturated heterocycles. The van der Waals surface area contributed by atoms with Crippen molar-refractivity contribution in [1.82, 2.24) is 0 Å². The maximum Gasteiger partial charge on any atom is 0.296 e. The van der Waals surface area contributed by atoms with Crippen molar-refractivity contribution in [1.29, 1.82) is 0 Å². The van der Waals surface area contributed by atoms with Gasteiger partial charge < -0.3 is 10.8 Å². The molecule has 0 radical (unpaired) electrons. The zero-order valence-electron chi connectivity index (χ0n) is 5.82. The number of rotatable bonds is 1. The summed E-state index contributed by atoms with van der Waals surface area (Å²) in [4.78, 5) is 9.57. The van der Waals surface area contributed by atoms with Gasteiger partial charge in [-0.25, -0.2) is 0 Å². The maximum atomic E-state index is 10.3. The van der Waals surface area contributed by atoms with Crippen LogP contribution in [0.25, 0.3) is 0 Å². The van der Waals surface area contributed by atoms with Crippen molar-refractivity contribution in [3.8, 4) is 5.75 Å². The zero-order chi connectivity index (χ0) is 9.30. The molecule has 0 aliphatic heterocycles. The van der Waals surface area contributed by atoms with Gasteiger partial charge in [-0.3, -0.25) is 10.1 Å². The van der Waals surface area contributed by atoms with Crippen molar-refractivity contribution in [2.75, 3.05) is 5.73 Å². The van der Waals surface area contributed by atoms with Gasteiger partial charge in [0.2, 0.25) is 0 Å². The Balaban J connectivity index is 3.36. The molecule has 64 valence electrons. The normalized spacial score (nSPS) is 9.75. The molecule has 12 heavy (non-hydrogen) atoms. The molecule has 5 nitrogen and oxygen atoms in total. The average Bonchev–Trinajstić information content (AvgIpc) is 2.00. The largest absolute Gasteiger partial charge is 0.504 e. The molecule has 0 heterocycles. The van der Waals surface area contributed by atoms with E-state index in [1.807, 2.05) is 0 Å². The van der Waals surface area contributed by atoms with Crippen LogP contribution in [0.5, 0.6) is 5.75 Å². The number of nitrogens with zero attached hydrogens (tertiary/aromatic N) is 1. The highest BCUT2D eigenvalue weighted by atomic mass is 35.5. The molecule has 0 fully saturated rings. The Morgan fingerprint density at radius 2 is 2.17 bits per heavy atom. The Bertz CT molecular complexity index is 340. The fourth-order valence-corrected chi connectivity index (χ4v) is 0.895. The van der Waals surface area contributed by atoms with Crippen LogP contribution in [-0.2, 0) is 0 Å². The zero-order valence-corrected chi connectivity index (χ0v) is 6.58. The monoisotopic (exact) mass is 188 g/mol. The number of hydrogen-bond acceptors (Lipinski definition) is 4. The molecule has 0 atom stereocenters. The van der Waals surface area contributed by atoms with Crippen LogP contribution in [0.1, 0.15) is 0 Å². The van der Waals surface area contributed by atoms with Crippen molar-refractivity contribution in [3.05, 3.63) is 27.3 Å². The van der Waals surface area contributed by atoms with Crippen LogP contribution in [-0.4, -0.2) is 10.0 Å². The number of anilines is 1. The minimum Gasteiger partial charge on any atom is -0.504 e. The lowest BCUT2D eigenvalue weighted by Crippen LogP contribution is -1.95. The minimum absolute atomic E-state index is 0.00176. The predicted octanol–water partition coefficient (Wildman–Crippen LogP) is 1.54. The predicted molar refractivity (Wildman–Crippen MR) is 44.2 cm³/mol. The van der Waals surface area contributed by atoms with Gasteiger partial charge in [-0.2, -0.15) is 0 Å². The van der Waals surface area contributed by atoms with Crippen molar-refractivity contribution < 1.29 is 10.0 Å². The second-order valence-corrected chi connectivity index (χ2v) is 2.49. The lowest BCUT2D eigenvalue weighted by molar-refractivity contribution is -0.384. The molecule has 3 N–H and O–H groups in total. The summed E-state index contributed by atoms with van der Waals surface area (Å²) in [5.41, 5.74) is 4.55. The lowest BCUT2D eigenvalue weighted by Gasteiger charge is -2.00. The molecule has 1 rings (SSSR count). The van der Waals surface area contributed by atoms with Crippen LogP contribution in [0.2, 0.25) is 5.02 Å². The standard InChI is InChI=1S/C6H5ClN2O3/c7-3-1-2-4(9(11)12)5(8)6(3)10/h1-2,10H,8H2. The number of aromatic hydroxyl groups is 1. The Labute approximate surface area is 72.5 Å². The fraction of sp³-hybridized carbons (Fsp3) is 0. The molecular weight excluding hydrogens is 184 g/mol. The van der Waals surface area contributed by atoms with Crippen molar-refractivity contribution in [2.24, 2.45) is 0 Å². The third-order valence-electron chi connectivity index (χ3n) is 1.34. The van der Waals surface area contributed by atoms with Crippen LogP contribution in [0, 0.1) is 10.1 Å². The van der Waals surface area contributed by atoms with Crippen LogP contribution >= 0.6 is 11.6 Å². The van der Waals surface area contributed by atoms with E-state index in [1.165, 1.54) is 6.07 Å². The van der Waals surface area contributed by atoms with E-state index in [0.717, 1.165) is 6.07 Å². The van der Waals surface area contributed by atoms with Crippen molar-refractivity contribution in [2.45, 2.75) is 0 Å². The highest BCUT2D eigenvalue weighted by Gasteiger charge is 2.16. The minimum atomic E-state index is -0.689. The van der Waals surface area contributed by atoms with E-state index in [9.17, 15) is 10.1 Å². The van der Waals surface area contributed by atoms with Gasteiger partial charge in [0.25, 0.3) is 5.69 Å². The maximum absolute atomic E-state index is 10.3. The van der Waals surface area contributed by atoms with E-state index in [4.69, 9.17) is 22.4 Å². The molecule has 1 aromatic carbocycles. The first-order valence-electron chi connectivity index (χ1n) is 2.95. The first kappa shape index (κ1) is 8.61. The summed E-state index contributed by atoms with van der Waals surface area (Å²) in [6.45, 7) is 0. The Hall–Kier alpha value is -1.49. The van der Waals surface area contributed by atoms with Gasteiger partial charge >= 0.3 is 0 Å². The van der Waals surface area contributed by atoms with E-state index in [0.29, 0.717) is 0 Å². The summed E-state index contributed by atoms with van der Waals surface area (Å²) in [6.07, 6.45) is 0. The van der Waals surface area contributed by atoms with Gasteiger partial charge in [0.1, 0.15) is 0 Å². The van der Waals surface area contributed by atoms with Crippen molar-refractivity contribution in [3.63, 3.8) is 0 Å². The first-order valence-corrected chi connectivity index (χ1v) is 3.33. The molecule has 6 heteroatoms. The van der Waals surface area contributed by atoms with Crippen molar-refractivity contribution >= 4 is 23.0 Å². The van der Waals surface area contributed by atoms with E-state index < -0.39 is 10.7 Å². The topological polar surface area (TPSA) is 89.4 Å². The number of benzene rings is 1. The van der Waals surface area contributed by atoms with Crippen LogP contribution in [0.15, 0.2) is 12.1 Å². The number of hydrogen-bond donors (Lipinski definition) is 2. The number of nitro groups is 1. The molecule has 0 aliphatic carbocycles. The first-order chi connectivity index (χ1) is 5.54. The third-order valence-corrected chi connectivity index (χ3v) is 1.65. The molecule has 0 bridgehead atoms. The van der Waals surface area contributed by atoms with Gasteiger partial charge in [-0.05, 0) is 6.07 Å². The summed E-state index contributed by atoms with van der Waals surface area (Å²) in [5.74, 6) is -0.453.